The van der Waals surface area contributed by atoms with E-state index in [-0.39, 0.29) is 5.91 Å². The normalized spacial score (nSPS) is 10.2. The first-order chi connectivity index (χ1) is 10.2. The molecule has 2 aromatic rings. The molecule has 2 N–H and O–H groups in total. The first-order valence-corrected chi connectivity index (χ1v) is 8.00. The van der Waals surface area contributed by atoms with E-state index in [2.05, 4.69) is 35.8 Å². The number of carbonyl (C=O) groups excluding carboxylic acids is 1. The van der Waals surface area contributed by atoms with Gasteiger partial charge in [0.15, 0.2) is 0 Å². The number of hydrogen-bond acceptors (Lipinski definition) is 3. The highest BCUT2D eigenvalue weighted by atomic mass is 32.2. The van der Waals surface area contributed by atoms with Crippen LogP contribution in [0.2, 0.25) is 0 Å². The quantitative estimate of drug-likeness (QED) is 0.778. The fraction of sp³-hybridized carbons (Fsp3) is 0.235. The highest BCUT2D eigenvalue weighted by Gasteiger charge is 2.05. The molecule has 0 aromatic heterocycles. The molecule has 0 unspecified atom stereocenters. The minimum atomic E-state index is -0.0515. The number of nitrogens with one attached hydrogen (secondary N) is 2. The van der Waals surface area contributed by atoms with Crippen molar-refractivity contribution in [3.63, 3.8) is 0 Å². The van der Waals surface area contributed by atoms with Gasteiger partial charge in [0, 0.05) is 29.7 Å². The van der Waals surface area contributed by atoms with Gasteiger partial charge >= 0.3 is 0 Å². The Labute approximate surface area is 130 Å². The van der Waals surface area contributed by atoms with Crippen LogP contribution >= 0.6 is 11.8 Å². The molecule has 0 aliphatic rings. The van der Waals surface area contributed by atoms with Crippen LogP contribution in [0.1, 0.15) is 19.4 Å². The fourth-order valence-electron chi connectivity index (χ4n) is 2.07. The molecule has 0 aliphatic carbocycles. The molecule has 4 heteroatoms. The van der Waals surface area contributed by atoms with Crippen LogP contribution in [0, 0.1) is 0 Å². The van der Waals surface area contributed by atoms with Crippen molar-refractivity contribution in [2.24, 2.45) is 0 Å². The van der Waals surface area contributed by atoms with E-state index in [1.54, 1.807) is 0 Å². The third kappa shape index (κ3) is 4.53. The van der Waals surface area contributed by atoms with Gasteiger partial charge in [-0.2, -0.15) is 0 Å². The molecule has 0 heterocycles. The predicted octanol–water partition coefficient (Wildman–Crippen LogP) is 4.37. The highest BCUT2D eigenvalue weighted by Crippen LogP contribution is 2.27. The van der Waals surface area contributed by atoms with E-state index >= 15 is 0 Å². The lowest BCUT2D eigenvalue weighted by molar-refractivity contribution is -0.114. The number of hydrogen-bond donors (Lipinski definition) is 2. The average molecular weight is 300 g/mol. The van der Waals surface area contributed by atoms with E-state index in [1.165, 1.54) is 11.8 Å². The van der Waals surface area contributed by atoms with E-state index in [0.29, 0.717) is 6.54 Å². The Hall–Kier alpha value is -1.94. The number of carbonyl (C=O) groups is 1. The Morgan fingerprint density at radius 3 is 2.43 bits per heavy atom. The first-order valence-electron chi connectivity index (χ1n) is 7.02. The van der Waals surface area contributed by atoms with Crippen LogP contribution in [0.15, 0.2) is 53.4 Å². The van der Waals surface area contributed by atoms with Crippen molar-refractivity contribution in [2.75, 3.05) is 16.4 Å². The maximum Gasteiger partial charge on any atom is 0.221 e. The first kappa shape index (κ1) is 15.4. The van der Waals surface area contributed by atoms with Crippen molar-refractivity contribution >= 4 is 29.0 Å². The van der Waals surface area contributed by atoms with E-state index < -0.39 is 0 Å². The topological polar surface area (TPSA) is 41.1 Å². The summed E-state index contributed by atoms with van der Waals surface area (Å²) in [7, 11) is 0. The van der Waals surface area contributed by atoms with Crippen molar-refractivity contribution in [1.82, 2.24) is 0 Å². The summed E-state index contributed by atoms with van der Waals surface area (Å²) in [5, 5.41) is 6.32. The minimum absolute atomic E-state index is 0.0515. The number of thioether (sulfide) groups is 1. The molecule has 0 fully saturated rings. The molecule has 0 aliphatic heterocycles. The summed E-state index contributed by atoms with van der Waals surface area (Å²) in [6.07, 6.45) is 0. The molecule has 0 bridgehead atoms. The van der Waals surface area contributed by atoms with E-state index in [9.17, 15) is 4.79 Å². The Bertz CT molecular complexity index is 613. The Morgan fingerprint density at radius 2 is 1.71 bits per heavy atom. The van der Waals surface area contributed by atoms with Crippen LogP contribution in [0.4, 0.5) is 11.4 Å². The van der Waals surface area contributed by atoms with Gasteiger partial charge in [-0.05, 0) is 29.5 Å². The summed E-state index contributed by atoms with van der Waals surface area (Å²) in [5.41, 5.74) is 3.06. The average Bonchev–Trinajstić information content (AvgIpc) is 2.47. The van der Waals surface area contributed by atoms with Gasteiger partial charge in [-0.15, -0.1) is 11.8 Å². The summed E-state index contributed by atoms with van der Waals surface area (Å²) in [4.78, 5) is 12.5. The number of benzene rings is 2. The van der Waals surface area contributed by atoms with Crippen LogP contribution in [0.5, 0.6) is 0 Å². The third-order valence-electron chi connectivity index (χ3n) is 2.98. The molecular weight excluding hydrogens is 280 g/mol. The maximum atomic E-state index is 11.2. The van der Waals surface area contributed by atoms with Crippen molar-refractivity contribution in [3.05, 3.63) is 54.1 Å². The summed E-state index contributed by atoms with van der Waals surface area (Å²) < 4.78 is 0. The number of amides is 1. The van der Waals surface area contributed by atoms with Gasteiger partial charge < -0.3 is 10.6 Å². The molecule has 110 valence electrons. The predicted molar refractivity (Wildman–Crippen MR) is 90.9 cm³/mol. The van der Waals surface area contributed by atoms with Gasteiger partial charge in [0.25, 0.3) is 0 Å². The summed E-state index contributed by atoms with van der Waals surface area (Å²) in [6, 6.07) is 16.1. The lowest BCUT2D eigenvalue weighted by Crippen LogP contribution is -2.10. The lowest BCUT2D eigenvalue weighted by Gasteiger charge is -2.14. The van der Waals surface area contributed by atoms with Gasteiger partial charge in [0.2, 0.25) is 5.91 Å². The summed E-state index contributed by atoms with van der Waals surface area (Å²) in [5.74, 6) is 0.991. The minimum Gasteiger partial charge on any atom is -0.380 e. The monoisotopic (exact) mass is 300 g/mol. The maximum absolute atomic E-state index is 11.2. The second-order valence-electron chi connectivity index (χ2n) is 4.62. The zero-order valence-electron chi connectivity index (χ0n) is 12.3. The molecular formula is C17H20N2OS. The van der Waals surface area contributed by atoms with Gasteiger partial charge in [0.05, 0.1) is 0 Å². The van der Waals surface area contributed by atoms with Gasteiger partial charge in [-0.25, -0.2) is 0 Å². The van der Waals surface area contributed by atoms with E-state index in [4.69, 9.17) is 0 Å². The molecule has 2 aromatic carbocycles. The molecule has 21 heavy (non-hydrogen) atoms. The standard InChI is InChI=1S/C17H20N2OS/c1-3-21-17-11-7-6-10-16(17)18-12-14-8-4-5-9-15(14)19-13(2)20/h4-11,18H,3,12H2,1-2H3,(H,19,20). The zero-order valence-corrected chi connectivity index (χ0v) is 13.2. The van der Waals surface area contributed by atoms with E-state index in [1.807, 2.05) is 42.1 Å². The van der Waals surface area contributed by atoms with Crippen LogP contribution in [0.25, 0.3) is 0 Å². The van der Waals surface area contributed by atoms with Crippen molar-refractivity contribution in [1.29, 1.82) is 0 Å². The number of anilines is 2. The SMILES string of the molecule is CCSc1ccccc1NCc1ccccc1NC(C)=O. The number of para-hydroxylation sites is 2. The Balaban J connectivity index is 2.11. The van der Waals surface area contributed by atoms with E-state index in [0.717, 1.165) is 22.7 Å². The van der Waals surface area contributed by atoms with Crippen molar-refractivity contribution < 1.29 is 4.79 Å². The fourth-order valence-corrected chi connectivity index (χ4v) is 2.85. The zero-order chi connectivity index (χ0) is 15.1. The Kier molecular flexibility index (Phi) is 5.69. The second kappa shape index (κ2) is 7.74. The molecule has 0 saturated heterocycles. The molecule has 0 saturated carbocycles. The lowest BCUT2D eigenvalue weighted by atomic mass is 10.1. The van der Waals surface area contributed by atoms with Crippen LogP contribution in [-0.4, -0.2) is 11.7 Å². The molecule has 2 rings (SSSR count). The van der Waals surface area contributed by atoms with Gasteiger partial charge in [-0.3, -0.25) is 4.79 Å². The van der Waals surface area contributed by atoms with Crippen molar-refractivity contribution in [3.8, 4) is 0 Å². The van der Waals surface area contributed by atoms with Crippen LogP contribution in [-0.2, 0) is 11.3 Å². The Morgan fingerprint density at radius 1 is 1.05 bits per heavy atom. The van der Waals surface area contributed by atoms with Gasteiger partial charge in [0.1, 0.15) is 0 Å². The smallest absolute Gasteiger partial charge is 0.221 e. The molecule has 3 nitrogen and oxygen atoms in total. The van der Waals surface area contributed by atoms with Crippen molar-refractivity contribution in [2.45, 2.75) is 25.3 Å². The molecule has 0 atom stereocenters. The van der Waals surface area contributed by atoms with Crippen LogP contribution in [0.3, 0.4) is 0 Å². The largest absolute Gasteiger partial charge is 0.380 e. The number of rotatable bonds is 6. The molecule has 0 spiro atoms. The molecule has 1 amide bonds. The molecule has 0 radical (unpaired) electrons. The van der Waals surface area contributed by atoms with Crippen LogP contribution < -0.4 is 10.6 Å². The van der Waals surface area contributed by atoms with Gasteiger partial charge in [-0.1, -0.05) is 37.3 Å². The summed E-state index contributed by atoms with van der Waals surface area (Å²) >= 11 is 1.82. The third-order valence-corrected chi connectivity index (χ3v) is 3.94. The highest BCUT2D eigenvalue weighted by molar-refractivity contribution is 7.99. The summed E-state index contributed by atoms with van der Waals surface area (Å²) in [6.45, 7) is 4.35. The second-order valence-corrected chi connectivity index (χ2v) is 5.93.